The molecule has 1 unspecified atom stereocenters. The van der Waals surface area contributed by atoms with E-state index in [9.17, 15) is 31.5 Å². The summed E-state index contributed by atoms with van der Waals surface area (Å²) in [4.78, 5) is 25.6. The van der Waals surface area contributed by atoms with Gasteiger partial charge in [-0.3, -0.25) is 4.79 Å². The molecule has 0 amide bonds. The van der Waals surface area contributed by atoms with Gasteiger partial charge in [0, 0.05) is 21.7 Å². The zero-order valence-electron chi connectivity index (χ0n) is 20.5. The lowest BCUT2D eigenvalue weighted by molar-refractivity contribution is -0.141. The number of carbonyl (C=O) groups is 2. The highest BCUT2D eigenvalue weighted by atomic mass is 79.9. The molecule has 0 aliphatic carbocycles. The van der Waals surface area contributed by atoms with Gasteiger partial charge in [0.15, 0.2) is 24.4 Å². The Morgan fingerprint density at radius 3 is 2.40 bits per heavy atom. The number of ether oxygens (including phenoxy) is 5. The summed E-state index contributed by atoms with van der Waals surface area (Å²) >= 11 is 3.41. The first-order chi connectivity index (χ1) is 19.0. The molecule has 7 nitrogen and oxygen atoms in total. The highest BCUT2D eigenvalue weighted by Crippen LogP contribution is 2.40. The average molecular weight is 627 g/mol. The van der Waals surface area contributed by atoms with Crippen LogP contribution in [0.3, 0.4) is 0 Å². The Labute approximate surface area is 231 Å². The molecule has 2 heterocycles. The van der Waals surface area contributed by atoms with Crippen LogP contribution in [0.1, 0.15) is 34.0 Å². The Morgan fingerprint density at radius 1 is 1.02 bits per heavy atom. The molecule has 40 heavy (non-hydrogen) atoms. The molecule has 1 atom stereocenters. The summed E-state index contributed by atoms with van der Waals surface area (Å²) in [5.74, 6) is -14.1. The fourth-order valence-corrected chi connectivity index (χ4v) is 4.63. The molecule has 13 heteroatoms. The summed E-state index contributed by atoms with van der Waals surface area (Å²) in [6.07, 6.45) is -0.283. The third-order valence-corrected chi connectivity index (χ3v) is 6.41. The van der Waals surface area contributed by atoms with E-state index in [0.29, 0.717) is 23.5 Å². The molecule has 0 spiro atoms. The first kappa shape index (κ1) is 27.6. The van der Waals surface area contributed by atoms with E-state index in [4.69, 9.17) is 23.7 Å². The van der Waals surface area contributed by atoms with Crippen LogP contribution < -0.4 is 18.9 Å². The summed E-state index contributed by atoms with van der Waals surface area (Å²) < 4.78 is 95.3. The zero-order chi connectivity index (χ0) is 28.9. The number of allylic oxidation sites excluding steroid dienone is 1. The zero-order valence-corrected chi connectivity index (χ0v) is 22.1. The van der Waals surface area contributed by atoms with Gasteiger partial charge >= 0.3 is 5.97 Å². The van der Waals surface area contributed by atoms with Crippen LogP contribution in [0.25, 0.3) is 6.08 Å². The summed E-state index contributed by atoms with van der Waals surface area (Å²) in [6.45, 7) is 2.92. The predicted molar refractivity (Wildman–Crippen MR) is 130 cm³/mol. The number of fused-ring (bicyclic) bond motifs is 2. The van der Waals surface area contributed by atoms with Crippen molar-refractivity contribution in [3.05, 3.63) is 85.8 Å². The van der Waals surface area contributed by atoms with Gasteiger partial charge in [-0.1, -0.05) is 15.9 Å². The van der Waals surface area contributed by atoms with Crippen molar-refractivity contribution in [1.29, 1.82) is 0 Å². The van der Waals surface area contributed by atoms with Crippen LogP contribution in [0.5, 0.6) is 23.0 Å². The van der Waals surface area contributed by atoms with E-state index in [1.165, 1.54) is 18.2 Å². The van der Waals surface area contributed by atoms with E-state index in [0.717, 1.165) is 17.0 Å². The number of aryl methyl sites for hydroxylation is 1. The molecular formula is C27H16BrF5O7. The van der Waals surface area contributed by atoms with Crippen LogP contribution in [-0.4, -0.2) is 24.6 Å². The van der Waals surface area contributed by atoms with Gasteiger partial charge in [-0.25, -0.2) is 18.0 Å². The number of rotatable bonds is 5. The van der Waals surface area contributed by atoms with Crippen molar-refractivity contribution in [2.75, 3.05) is 6.79 Å². The topological polar surface area (TPSA) is 80.3 Å². The van der Waals surface area contributed by atoms with Gasteiger partial charge in [0.2, 0.25) is 34.9 Å². The highest BCUT2D eigenvalue weighted by Gasteiger charge is 2.33. The van der Waals surface area contributed by atoms with Crippen molar-refractivity contribution in [1.82, 2.24) is 0 Å². The van der Waals surface area contributed by atoms with Gasteiger partial charge in [-0.15, -0.1) is 0 Å². The molecule has 0 saturated heterocycles. The number of carbonyl (C=O) groups excluding carboxylic acids is 2. The standard InChI is InChI=1S/C27H16BrF5O7/c1-10-3-15(39-27(35)11(2)38-26-22(32)20(30)19(29)21(31)23(26)33)7-16-18(10)24(34)17(40-16)6-12-4-14(28)5-13-8-36-9-37-25(12)13/h3-7,11H,8-9H2,1-2H3/b17-6-. The van der Waals surface area contributed by atoms with Gasteiger partial charge in [0.05, 0.1) is 12.2 Å². The highest BCUT2D eigenvalue weighted by molar-refractivity contribution is 9.10. The molecule has 0 fully saturated rings. The average Bonchev–Trinajstić information content (AvgIpc) is 3.23. The van der Waals surface area contributed by atoms with Crippen LogP contribution in [-0.2, 0) is 16.1 Å². The molecule has 0 radical (unpaired) electrons. The Morgan fingerprint density at radius 2 is 1.70 bits per heavy atom. The number of benzene rings is 3. The minimum absolute atomic E-state index is 0.0278. The van der Waals surface area contributed by atoms with E-state index < -0.39 is 52.7 Å². The summed E-state index contributed by atoms with van der Waals surface area (Å²) in [7, 11) is 0. The monoisotopic (exact) mass is 626 g/mol. The number of hydrogen-bond donors (Lipinski definition) is 0. The van der Waals surface area contributed by atoms with Crippen LogP contribution in [0.4, 0.5) is 22.0 Å². The van der Waals surface area contributed by atoms with Gasteiger partial charge in [0.1, 0.15) is 17.2 Å². The van der Waals surface area contributed by atoms with Crippen LogP contribution in [0.15, 0.2) is 34.5 Å². The van der Waals surface area contributed by atoms with Gasteiger partial charge < -0.3 is 23.7 Å². The summed E-state index contributed by atoms with van der Waals surface area (Å²) in [5, 5.41) is 0. The maximum atomic E-state index is 13.9. The maximum absolute atomic E-state index is 13.9. The normalized spacial score (nSPS) is 15.7. The molecule has 208 valence electrons. The van der Waals surface area contributed by atoms with Gasteiger partial charge in [-0.2, -0.15) is 8.78 Å². The third-order valence-electron chi connectivity index (χ3n) is 5.95. The minimum Gasteiger partial charge on any atom is -0.473 e. The number of Topliss-reactive ketones (excluding diaryl/α,β-unsaturated/α-hetero) is 1. The second-order valence-corrected chi connectivity index (χ2v) is 9.64. The van der Waals surface area contributed by atoms with Crippen molar-refractivity contribution in [3.63, 3.8) is 0 Å². The van der Waals surface area contributed by atoms with Gasteiger partial charge in [0.25, 0.3) is 0 Å². The number of ketones is 1. The second-order valence-electron chi connectivity index (χ2n) is 8.73. The molecule has 0 saturated carbocycles. The molecular weight excluding hydrogens is 611 g/mol. The Kier molecular flexibility index (Phi) is 7.27. The van der Waals surface area contributed by atoms with Crippen LogP contribution >= 0.6 is 15.9 Å². The fourth-order valence-electron chi connectivity index (χ4n) is 4.11. The first-order valence-electron chi connectivity index (χ1n) is 11.5. The Bertz CT molecular complexity index is 1590. The van der Waals surface area contributed by atoms with Crippen molar-refractivity contribution in [2.45, 2.75) is 26.6 Å². The third kappa shape index (κ3) is 4.90. The van der Waals surface area contributed by atoms with Crippen molar-refractivity contribution in [3.8, 4) is 23.0 Å². The van der Waals surface area contributed by atoms with Crippen molar-refractivity contribution >= 4 is 33.8 Å². The number of esters is 1. The van der Waals surface area contributed by atoms with E-state index in [-0.39, 0.29) is 29.6 Å². The van der Waals surface area contributed by atoms with Crippen molar-refractivity contribution < 1.29 is 55.2 Å². The molecule has 2 aliphatic rings. The number of halogens is 6. The van der Waals surface area contributed by atoms with Crippen molar-refractivity contribution in [2.24, 2.45) is 0 Å². The molecule has 0 bridgehead atoms. The van der Waals surface area contributed by atoms with Crippen LogP contribution in [0.2, 0.25) is 0 Å². The lowest BCUT2D eigenvalue weighted by Gasteiger charge is -2.20. The largest absolute Gasteiger partial charge is 0.473 e. The minimum atomic E-state index is -2.37. The Hall–Kier alpha value is -3.97. The van der Waals surface area contributed by atoms with E-state index in [2.05, 4.69) is 15.9 Å². The van der Waals surface area contributed by atoms with Gasteiger partial charge in [-0.05, 0) is 43.7 Å². The van der Waals surface area contributed by atoms with E-state index in [1.54, 1.807) is 13.0 Å². The fraction of sp³-hybridized carbons (Fsp3) is 0.185. The quantitative estimate of drug-likeness (QED) is 0.0820. The molecule has 0 N–H and O–H groups in total. The Balaban J connectivity index is 1.37. The second kappa shape index (κ2) is 10.5. The van der Waals surface area contributed by atoms with E-state index >= 15 is 0 Å². The molecule has 3 aromatic carbocycles. The maximum Gasteiger partial charge on any atom is 0.352 e. The molecule has 5 rings (SSSR count). The molecule has 2 aliphatic heterocycles. The molecule has 3 aromatic rings. The van der Waals surface area contributed by atoms with Crippen LogP contribution in [0, 0.1) is 36.0 Å². The lowest BCUT2D eigenvalue weighted by Crippen LogP contribution is -2.29. The molecule has 0 aromatic heterocycles. The first-order valence-corrected chi connectivity index (χ1v) is 12.3. The smallest absolute Gasteiger partial charge is 0.352 e. The summed E-state index contributed by atoms with van der Waals surface area (Å²) in [5.41, 5.74) is 1.92. The predicted octanol–water partition coefficient (Wildman–Crippen LogP) is 6.31. The SMILES string of the molecule is Cc1cc(OC(=O)C(C)Oc2c(F)c(F)c(F)c(F)c2F)cc2c1C(=O)/C(=C/c1cc(Br)cc3c1OCOC3)O2. The van der Waals surface area contributed by atoms with E-state index in [1.807, 2.05) is 6.07 Å². The summed E-state index contributed by atoms with van der Waals surface area (Å²) in [6, 6.07) is 6.14. The lowest BCUT2D eigenvalue weighted by atomic mass is 10.0. The number of hydrogen-bond acceptors (Lipinski definition) is 7.